The topological polar surface area (TPSA) is 76.1 Å². The highest BCUT2D eigenvalue weighted by molar-refractivity contribution is 5.98. The lowest BCUT2D eigenvalue weighted by Crippen LogP contribution is -2.50. The molecule has 6 nitrogen and oxygen atoms in total. The number of carbonyl (C=O) groups is 2. The van der Waals surface area contributed by atoms with E-state index in [0.29, 0.717) is 43.9 Å². The first kappa shape index (κ1) is 17.3. The van der Waals surface area contributed by atoms with Crippen molar-refractivity contribution >= 4 is 11.9 Å². The largest absolute Gasteiger partial charge is 0.493 e. The van der Waals surface area contributed by atoms with Gasteiger partial charge >= 0.3 is 5.97 Å². The van der Waals surface area contributed by atoms with Crippen LogP contribution in [0.3, 0.4) is 0 Å². The zero-order valence-corrected chi connectivity index (χ0v) is 13.6. The third-order valence-electron chi connectivity index (χ3n) is 4.19. The van der Waals surface area contributed by atoms with Gasteiger partial charge in [0, 0.05) is 32.2 Å². The maximum atomic E-state index is 12.7. The second-order valence-electron chi connectivity index (χ2n) is 5.86. The lowest BCUT2D eigenvalue weighted by Gasteiger charge is -2.31. The van der Waals surface area contributed by atoms with E-state index in [1.807, 2.05) is 0 Å². The molecule has 0 aromatic heterocycles. The lowest BCUT2D eigenvalue weighted by molar-refractivity contribution is -0.147. The first-order valence-electron chi connectivity index (χ1n) is 7.76. The molecule has 1 saturated heterocycles. The summed E-state index contributed by atoms with van der Waals surface area (Å²) in [6.45, 7) is 3.18. The number of hydrogen-bond donors (Lipinski definition) is 1. The van der Waals surface area contributed by atoms with Crippen LogP contribution < -0.4 is 4.74 Å². The lowest BCUT2D eigenvalue weighted by atomic mass is 9.98. The van der Waals surface area contributed by atoms with E-state index < -0.39 is 11.5 Å². The predicted octanol–water partition coefficient (Wildman–Crippen LogP) is 2.18. The number of carboxylic acid groups (broad SMARTS) is 1. The van der Waals surface area contributed by atoms with E-state index in [1.165, 1.54) is 4.90 Å². The third kappa shape index (κ3) is 3.82. The van der Waals surface area contributed by atoms with Crippen LogP contribution in [-0.4, -0.2) is 54.3 Å². The molecule has 2 rings (SSSR count). The summed E-state index contributed by atoms with van der Waals surface area (Å²) in [5, 5.41) is 9.43. The Labute approximate surface area is 136 Å². The first-order chi connectivity index (χ1) is 11.0. The molecule has 126 valence electrons. The van der Waals surface area contributed by atoms with Gasteiger partial charge < -0.3 is 19.5 Å². The standard InChI is InChI=1S/C17H23NO5/c1-17(16(20)21)8-4-9-18(17)15(19)13-6-3-7-14(12-13)23-11-5-10-22-2/h3,6-7,12H,4-5,8-11H2,1-2H3,(H,20,21). The Morgan fingerprint density at radius 1 is 1.35 bits per heavy atom. The molecule has 6 heteroatoms. The van der Waals surface area contributed by atoms with Crippen molar-refractivity contribution in [2.75, 3.05) is 26.9 Å². The molecule has 23 heavy (non-hydrogen) atoms. The van der Waals surface area contributed by atoms with Crippen LogP contribution in [0.15, 0.2) is 24.3 Å². The Hall–Kier alpha value is -2.08. The number of nitrogens with zero attached hydrogens (tertiary/aromatic N) is 1. The highest BCUT2D eigenvalue weighted by Crippen LogP contribution is 2.31. The molecule has 1 aromatic carbocycles. The average Bonchev–Trinajstić information content (AvgIpc) is 2.94. The summed E-state index contributed by atoms with van der Waals surface area (Å²) in [6.07, 6.45) is 1.93. The zero-order chi connectivity index (χ0) is 16.9. The number of methoxy groups -OCH3 is 1. The molecule has 1 atom stereocenters. The van der Waals surface area contributed by atoms with Crippen LogP contribution in [0, 0.1) is 0 Å². The van der Waals surface area contributed by atoms with Crippen LogP contribution in [0.5, 0.6) is 5.75 Å². The van der Waals surface area contributed by atoms with Gasteiger partial charge in [-0.3, -0.25) is 4.79 Å². The minimum Gasteiger partial charge on any atom is -0.493 e. The van der Waals surface area contributed by atoms with E-state index in [2.05, 4.69) is 0 Å². The number of hydrogen-bond acceptors (Lipinski definition) is 4. The van der Waals surface area contributed by atoms with E-state index in [4.69, 9.17) is 9.47 Å². The number of rotatable bonds is 7. The highest BCUT2D eigenvalue weighted by atomic mass is 16.5. The maximum absolute atomic E-state index is 12.7. The molecule has 1 aliphatic heterocycles. The molecular formula is C17H23NO5. The number of aliphatic carboxylic acids is 1. The van der Waals surface area contributed by atoms with Crippen molar-refractivity contribution in [3.63, 3.8) is 0 Å². The van der Waals surface area contributed by atoms with Gasteiger partial charge in [0.15, 0.2) is 0 Å². The molecule has 0 bridgehead atoms. The van der Waals surface area contributed by atoms with Crippen molar-refractivity contribution in [3.8, 4) is 5.75 Å². The molecular weight excluding hydrogens is 298 g/mol. The van der Waals surface area contributed by atoms with Gasteiger partial charge in [0.25, 0.3) is 5.91 Å². The zero-order valence-electron chi connectivity index (χ0n) is 13.6. The van der Waals surface area contributed by atoms with Crippen molar-refractivity contribution in [1.82, 2.24) is 4.90 Å². The van der Waals surface area contributed by atoms with E-state index in [0.717, 1.165) is 6.42 Å². The minimum atomic E-state index is -1.13. The van der Waals surface area contributed by atoms with Crippen LogP contribution in [0.4, 0.5) is 0 Å². The van der Waals surface area contributed by atoms with Crippen LogP contribution in [0.1, 0.15) is 36.5 Å². The summed E-state index contributed by atoms with van der Waals surface area (Å²) < 4.78 is 10.6. The Balaban J connectivity index is 2.09. The molecule has 1 heterocycles. The predicted molar refractivity (Wildman–Crippen MR) is 84.7 cm³/mol. The van der Waals surface area contributed by atoms with Gasteiger partial charge in [-0.25, -0.2) is 4.79 Å². The smallest absolute Gasteiger partial charge is 0.329 e. The third-order valence-corrected chi connectivity index (χ3v) is 4.19. The summed E-state index contributed by atoms with van der Waals surface area (Å²) in [5.41, 5.74) is -0.685. The van der Waals surface area contributed by atoms with E-state index in [-0.39, 0.29) is 5.91 Å². The Bertz CT molecular complexity index is 574. The molecule has 1 aromatic rings. The van der Waals surface area contributed by atoms with Crippen molar-refractivity contribution in [3.05, 3.63) is 29.8 Å². The van der Waals surface area contributed by atoms with Gasteiger partial charge in [-0.05, 0) is 38.0 Å². The number of carboxylic acids is 1. The average molecular weight is 321 g/mol. The molecule has 0 radical (unpaired) electrons. The first-order valence-corrected chi connectivity index (χ1v) is 7.76. The van der Waals surface area contributed by atoms with Gasteiger partial charge in [0.05, 0.1) is 6.61 Å². The summed E-state index contributed by atoms with van der Waals surface area (Å²) >= 11 is 0. The summed E-state index contributed by atoms with van der Waals surface area (Å²) in [7, 11) is 1.63. The van der Waals surface area contributed by atoms with Gasteiger partial charge in [-0.1, -0.05) is 6.07 Å². The summed E-state index contributed by atoms with van der Waals surface area (Å²) in [4.78, 5) is 25.6. The Kier molecular flexibility index (Phi) is 5.60. The Morgan fingerprint density at radius 3 is 2.83 bits per heavy atom. The second kappa shape index (κ2) is 7.46. The molecule has 0 saturated carbocycles. The minimum absolute atomic E-state index is 0.269. The fourth-order valence-corrected chi connectivity index (χ4v) is 2.78. The second-order valence-corrected chi connectivity index (χ2v) is 5.86. The molecule has 0 aliphatic carbocycles. The van der Waals surface area contributed by atoms with Crippen molar-refractivity contribution in [2.24, 2.45) is 0 Å². The van der Waals surface area contributed by atoms with Crippen LogP contribution in [-0.2, 0) is 9.53 Å². The van der Waals surface area contributed by atoms with Crippen LogP contribution in [0.2, 0.25) is 0 Å². The summed E-state index contributed by atoms with van der Waals surface area (Å²) in [6, 6.07) is 6.87. The van der Waals surface area contributed by atoms with Gasteiger partial charge in [-0.15, -0.1) is 0 Å². The van der Waals surface area contributed by atoms with Gasteiger partial charge in [0.1, 0.15) is 11.3 Å². The number of carbonyl (C=O) groups excluding carboxylic acids is 1. The van der Waals surface area contributed by atoms with Crippen LogP contribution >= 0.6 is 0 Å². The van der Waals surface area contributed by atoms with Gasteiger partial charge in [-0.2, -0.15) is 0 Å². The van der Waals surface area contributed by atoms with Crippen LogP contribution in [0.25, 0.3) is 0 Å². The van der Waals surface area contributed by atoms with Gasteiger partial charge in [0.2, 0.25) is 0 Å². The van der Waals surface area contributed by atoms with E-state index in [1.54, 1.807) is 38.3 Å². The van der Waals surface area contributed by atoms with E-state index in [9.17, 15) is 14.7 Å². The SMILES string of the molecule is COCCCOc1cccc(C(=O)N2CCCC2(C)C(=O)O)c1. The monoisotopic (exact) mass is 321 g/mol. The van der Waals surface area contributed by atoms with Crippen molar-refractivity contribution < 1.29 is 24.2 Å². The number of benzene rings is 1. The maximum Gasteiger partial charge on any atom is 0.329 e. The summed E-state index contributed by atoms with van der Waals surface area (Å²) in [5.74, 6) is -0.631. The molecule has 1 N–H and O–H groups in total. The number of amides is 1. The quantitative estimate of drug-likeness (QED) is 0.779. The molecule has 0 spiro atoms. The normalized spacial score (nSPS) is 20.5. The molecule has 1 aliphatic rings. The number of ether oxygens (including phenoxy) is 2. The number of likely N-dealkylation sites (tertiary alicyclic amines) is 1. The van der Waals surface area contributed by atoms with Crippen molar-refractivity contribution in [1.29, 1.82) is 0 Å². The fraction of sp³-hybridized carbons (Fsp3) is 0.529. The fourth-order valence-electron chi connectivity index (χ4n) is 2.78. The molecule has 1 fully saturated rings. The van der Waals surface area contributed by atoms with E-state index >= 15 is 0 Å². The molecule has 1 unspecified atom stereocenters. The Morgan fingerprint density at radius 2 is 2.13 bits per heavy atom. The molecule has 1 amide bonds. The van der Waals surface area contributed by atoms with Crippen molar-refractivity contribution in [2.45, 2.75) is 31.7 Å². The highest BCUT2D eigenvalue weighted by Gasteiger charge is 2.46.